The molecule has 0 saturated heterocycles. The van der Waals surface area contributed by atoms with Crippen LogP contribution in [0.5, 0.6) is 11.5 Å². The van der Waals surface area contributed by atoms with Crippen molar-refractivity contribution in [3.63, 3.8) is 0 Å². The van der Waals surface area contributed by atoms with Crippen molar-refractivity contribution in [2.75, 3.05) is 6.61 Å². The number of halogens is 3. The Balaban J connectivity index is 1.57. The van der Waals surface area contributed by atoms with Gasteiger partial charge in [0.1, 0.15) is 18.1 Å². The lowest BCUT2D eigenvalue weighted by Gasteiger charge is -2.14. The second-order valence-electron chi connectivity index (χ2n) is 9.27. The fourth-order valence-electron chi connectivity index (χ4n) is 3.92. The van der Waals surface area contributed by atoms with Gasteiger partial charge in [-0.3, -0.25) is 0 Å². The molecule has 0 radical (unpaired) electrons. The van der Waals surface area contributed by atoms with Crippen molar-refractivity contribution in [1.29, 1.82) is 0 Å². The molecule has 0 bridgehead atoms. The van der Waals surface area contributed by atoms with Crippen molar-refractivity contribution in [3.05, 3.63) is 123 Å². The van der Waals surface area contributed by atoms with Gasteiger partial charge in [-0.15, -0.1) is 11.3 Å². The SMILES string of the molecule is Cc1ccc(C#Cc2ccc(/C(=C\COc3ccc(OC(C)C(=O)O)c(C)c3)c3ccc(C(F)(F)F)cc3)cc2)s1. The van der Waals surface area contributed by atoms with Crippen LogP contribution in [0.2, 0.25) is 0 Å². The number of carboxylic acids is 1. The zero-order valence-corrected chi connectivity index (χ0v) is 23.4. The fraction of sp³-hybridized carbons (Fsp3) is 0.182. The minimum absolute atomic E-state index is 0.140. The molecule has 8 heteroatoms. The smallest absolute Gasteiger partial charge is 0.416 e. The minimum atomic E-state index is -4.43. The zero-order chi connectivity index (χ0) is 29.6. The summed E-state index contributed by atoms with van der Waals surface area (Å²) in [5.74, 6) is 6.20. The van der Waals surface area contributed by atoms with Crippen LogP contribution in [-0.4, -0.2) is 23.8 Å². The summed E-state index contributed by atoms with van der Waals surface area (Å²) in [7, 11) is 0. The summed E-state index contributed by atoms with van der Waals surface area (Å²) < 4.78 is 50.8. The predicted molar refractivity (Wildman–Crippen MR) is 154 cm³/mol. The quantitative estimate of drug-likeness (QED) is 0.215. The van der Waals surface area contributed by atoms with E-state index >= 15 is 0 Å². The number of aryl methyl sites for hydroxylation is 2. The summed E-state index contributed by atoms with van der Waals surface area (Å²) in [5, 5.41) is 9.07. The van der Waals surface area contributed by atoms with Crippen LogP contribution in [-0.2, 0) is 11.0 Å². The van der Waals surface area contributed by atoms with E-state index in [1.807, 2.05) is 49.4 Å². The highest BCUT2D eigenvalue weighted by Gasteiger charge is 2.30. The average Bonchev–Trinajstić information content (AvgIpc) is 3.36. The summed E-state index contributed by atoms with van der Waals surface area (Å²) >= 11 is 1.62. The lowest BCUT2D eigenvalue weighted by Crippen LogP contribution is -2.23. The Kier molecular flexibility index (Phi) is 9.21. The number of rotatable bonds is 8. The first-order valence-electron chi connectivity index (χ1n) is 12.7. The van der Waals surface area contributed by atoms with Gasteiger partial charge in [-0.05, 0) is 104 Å². The molecule has 0 aliphatic rings. The first kappa shape index (κ1) is 29.5. The number of benzene rings is 3. The number of carbonyl (C=O) groups is 1. The van der Waals surface area contributed by atoms with E-state index in [2.05, 4.69) is 11.8 Å². The molecule has 1 unspecified atom stereocenters. The van der Waals surface area contributed by atoms with Crippen LogP contribution in [0.1, 0.15) is 44.5 Å². The van der Waals surface area contributed by atoms with Crippen molar-refractivity contribution in [3.8, 4) is 23.3 Å². The van der Waals surface area contributed by atoms with Gasteiger partial charge in [0.15, 0.2) is 6.10 Å². The number of carboxylic acid groups (broad SMARTS) is 1. The molecule has 0 saturated carbocycles. The zero-order valence-electron chi connectivity index (χ0n) is 22.6. The monoisotopic (exact) mass is 576 g/mol. The normalized spacial score (nSPS) is 12.3. The third-order valence-corrected chi connectivity index (χ3v) is 7.04. The van der Waals surface area contributed by atoms with Gasteiger partial charge in [-0.25, -0.2) is 4.79 Å². The second-order valence-corrected chi connectivity index (χ2v) is 10.6. The molecule has 0 aliphatic heterocycles. The summed E-state index contributed by atoms with van der Waals surface area (Å²) in [6.45, 7) is 5.39. The number of hydrogen-bond donors (Lipinski definition) is 1. The molecule has 4 aromatic rings. The highest BCUT2D eigenvalue weighted by Crippen LogP contribution is 2.32. The van der Waals surface area contributed by atoms with Gasteiger partial charge >= 0.3 is 12.1 Å². The molecular weight excluding hydrogens is 549 g/mol. The second kappa shape index (κ2) is 12.8. The van der Waals surface area contributed by atoms with Crippen molar-refractivity contribution in [1.82, 2.24) is 0 Å². The molecule has 3 aromatic carbocycles. The summed E-state index contributed by atoms with van der Waals surface area (Å²) in [4.78, 5) is 13.2. The highest BCUT2D eigenvalue weighted by atomic mass is 32.1. The molecule has 210 valence electrons. The number of thiophene rings is 1. The van der Waals surface area contributed by atoms with E-state index in [0.717, 1.165) is 28.1 Å². The largest absolute Gasteiger partial charge is 0.489 e. The maximum Gasteiger partial charge on any atom is 0.416 e. The lowest BCUT2D eigenvalue weighted by atomic mass is 9.96. The van der Waals surface area contributed by atoms with Crippen LogP contribution < -0.4 is 9.47 Å². The third-order valence-electron chi connectivity index (χ3n) is 6.12. The molecule has 0 amide bonds. The molecule has 1 atom stereocenters. The fourth-order valence-corrected chi connectivity index (χ4v) is 4.64. The van der Waals surface area contributed by atoms with Gasteiger partial charge in [0, 0.05) is 10.4 Å². The molecule has 1 aromatic heterocycles. The number of ether oxygens (including phenoxy) is 2. The van der Waals surface area contributed by atoms with E-state index in [0.29, 0.717) is 28.2 Å². The van der Waals surface area contributed by atoms with E-state index in [1.165, 1.54) is 23.9 Å². The first-order chi connectivity index (χ1) is 19.5. The number of alkyl halides is 3. The number of aliphatic carboxylic acids is 1. The van der Waals surface area contributed by atoms with Gasteiger partial charge in [0.05, 0.1) is 10.4 Å². The first-order valence-corrected chi connectivity index (χ1v) is 13.5. The molecule has 41 heavy (non-hydrogen) atoms. The Morgan fingerprint density at radius 1 is 0.951 bits per heavy atom. The predicted octanol–water partition coefficient (Wildman–Crippen LogP) is 8.15. The highest BCUT2D eigenvalue weighted by molar-refractivity contribution is 7.12. The van der Waals surface area contributed by atoms with Crippen LogP contribution in [0.25, 0.3) is 5.57 Å². The van der Waals surface area contributed by atoms with E-state index in [1.54, 1.807) is 36.5 Å². The van der Waals surface area contributed by atoms with Crippen LogP contribution in [0, 0.1) is 25.7 Å². The molecule has 0 spiro atoms. The standard InChI is InChI=1S/C33H27F3O4S/c1-21-20-28(14-17-31(21)40-23(3)32(37)38)39-19-18-30(26-10-12-27(13-11-26)33(34,35)36)25-8-5-24(6-9-25)7-16-29-15-4-22(2)41-29/h4-6,8-15,17-18,20,23H,19H2,1-3H3,(H,37,38)/b30-18+. The maximum atomic E-state index is 13.2. The maximum absolute atomic E-state index is 13.2. The Bertz CT molecular complexity index is 1610. The van der Waals surface area contributed by atoms with E-state index in [4.69, 9.17) is 14.6 Å². The average molecular weight is 577 g/mol. The molecule has 0 aliphatic carbocycles. The van der Waals surface area contributed by atoms with Gasteiger partial charge in [-0.1, -0.05) is 36.1 Å². The Morgan fingerprint density at radius 2 is 1.61 bits per heavy atom. The minimum Gasteiger partial charge on any atom is -0.489 e. The lowest BCUT2D eigenvalue weighted by molar-refractivity contribution is -0.144. The molecule has 4 nitrogen and oxygen atoms in total. The van der Waals surface area contributed by atoms with E-state index < -0.39 is 23.8 Å². The van der Waals surface area contributed by atoms with Gasteiger partial charge in [-0.2, -0.15) is 13.2 Å². The molecular formula is C33H27F3O4S. The summed E-state index contributed by atoms with van der Waals surface area (Å²) in [5.41, 5.74) is 2.92. The van der Waals surface area contributed by atoms with Gasteiger partial charge < -0.3 is 14.6 Å². The Hall–Kier alpha value is -4.48. The Morgan fingerprint density at radius 3 is 2.17 bits per heavy atom. The van der Waals surface area contributed by atoms with Crippen molar-refractivity contribution in [2.24, 2.45) is 0 Å². The van der Waals surface area contributed by atoms with Crippen LogP contribution in [0.15, 0.2) is 84.9 Å². The van der Waals surface area contributed by atoms with Crippen molar-refractivity contribution >= 4 is 22.9 Å². The van der Waals surface area contributed by atoms with Crippen LogP contribution in [0.4, 0.5) is 13.2 Å². The number of hydrogen-bond acceptors (Lipinski definition) is 4. The summed E-state index contributed by atoms with van der Waals surface area (Å²) in [6, 6.07) is 21.6. The van der Waals surface area contributed by atoms with E-state index in [-0.39, 0.29) is 6.61 Å². The van der Waals surface area contributed by atoms with Crippen molar-refractivity contribution in [2.45, 2.75) is 33.1 Å². The topological polar surface area (TPSA) is 55.8 Å². The van der Waals surface area contributed by atoms with Crippen LogP contribution >= 0.6 is 11.3 Å². The third kappa shape index (κ3) is 8.03. The molecule has 1 N–H and O–H groups in total. The van der Waals surface area contributed by atoms with Gasteiger partial charge in [0.2, 0.25) is 0 Å². The van der Waals surface area contributed by atoms with E-state index in [9.17, 15) is 18.0 Å². The molecule has 4 rings (SSSR count). The summed E-state index contributed by atoms with van der Waals surface area (Å²) in [6.07, 6.45) is -3.61. The van der Waals surface area contributed by atoms with Gasteiger partial charge in [0.25, 0.3) is 0 Å². The molecule has 0 fully saturated rings. The van der Waals surface area contributed by atoms with Crippen LogP contribution in [0.3, 0.4) is 0 Å². The Labute approximate surface area is 240 Å². The van der Waals surface area contributed by atoms with Crippen molar-refractivity contribution < 1.29 is 32.5 Å². The molecule has 1 heterocycles.